The second-order valence-electron chi connectivity index (χ2n) is 11.3. The van der Waals surface area contributed by atoms with Gasteiger partial charge in [0.25, 0.3) is 0 Å². The first-order valence-electron chi connectivity index (χ1n) is 18.7. The third-order valence-corrected chi connectivity index (χ3v) is 6.93. The van der Waals surface area contributed by atoms with Crippen LogP contribution >= 0.6 is 0 Å². The molecule has 0 atom stereocenters. The maximum Gasteiger partial charge on any atom is 0.305 e. The van der Waals surface area contributed by atoms with Crippen LogP contribution in [-0.4, -0.2) is 144 Å². The number of carbonyl (C=O) groups is 2. The first-order valence-corrected chi connectivity index (χ1v) is 18.7. The summed E-state index contributed by atoms with van der Waals surface area (Å²) in [6.45, 7) is 13.4. The van der Waals surface area contributed by atoms with Crippen molar-refractivity contribution in [3.63, 3.8) is 0 Å². The molecule has 0 aliphatic rings. The Labute approximate surface area is 296 Å². The van der Waals surface area contributed by atoms with Crippen molar-refractivity contribution < 1.29 is 61.7 Å². The highest BCUT2D eigenvalue weighted by Gasteiger charge is 2.04. The van der Waals surface area contributed by atoms with E-state index < -0.39 is 0 Å². The van der Waals surface area contributed by atoms with Crippen LogP contribution in [0.2, 0.25) is 0 Å². The van der Waals surface area contributed by atoms with Crippen LogP contribution < -0.4 is 0 Å². The topological polar surface area (TPSA) is 136 Å². The van der Waals surface area contributed by atoms with Gasteiger partial charge in [-0.2, -0.15) is 0 Å². The molecule has 49 heavy (non-hydrogen) atoms. The summed E-state index contributed by atoms with van der Waals surface area (Å²) >= 11 is 0. The predicted octanol–water partition coefficient (Wildman–Crippen LogP) is 4.94. The highest BCUT2D eigenvalue weighted by molar-refractivity contribution is 5.69. The lowest BCUT2D eigenvalue weighted by Crippen LogP contribution is -2.15. The van der Waals surface area contributed by atoms with Crippen molar-refractivity contribution in [3.05, 3.63) is 0 Å². The zero-order valence-electron chi connectivity index (χ0n) is 30.9. The molecule has 0 aromatic rings. The van der Waals surface area contributed by atoms with Gasteiger partial charge in [0, 0.05) is 12.8 Å². The Morgan fingerprint density at radius 3 is 0.714 bits per heavy atom. The van der Waals surface area contributed by atoms with Crippen molar-refractivity contribution in [2.75, 3.05) is 132 Å². The van der Waals surface area contributed by atoms with Gasteiger partial charge in [-0.05, 0) is 12.8 Å². The number of esters is 2. The Bertz CT molecular complexity index is 615. The van der Waals surface area contributed by atoms with Crippen LogP contribution in [0, 0.1) is 0 Å². The molecule has 0 rings (SSSR count). The van der Waals surface area contributed by atoms with E-state index in [0.717, 1.165) is 25.7 Å². The molecule has 0 bridgehead atoms. The lowest BCUT2D eigenvalue weighted by molar-refractivity contribution is -0.146. The number of carbonyl (C=O) groups excluding carboxylic acids is 2. The van der Waals surface area contributed by atoms with Crippen molar-refractivity contribution in [2.24, 2.45) is 0 Å². The molecule has 13 heteroatoms. The minimum atomic E-state index is -0.149. The average Bonchev–Trinajstić information content (AvgIpc) is 3.10. The molecule has 0 aliphatic carbocycles. The highest BCUT2D eigenvalue weighted by atomic mass is 16.6. The van der Waals surface area contributed by atoms with Crippen LogP contribution in [-0.2, 0) is 61.7 Å². The summed E-state index contributed by atoms with van der Waals surface area (Å²) in [5.41, 5.74) is 0. The zero-order chi connectivity index (χ0) is 35.6. The Morgan fingerprint density at radius 2 is 0.490 bits per heavy atom. The minimum absolute atomic E-state index is 0.149. The summed E-state index contributed by atoms with van der Waals surface area (Å²) in [5, 5.41) is 0. The maximum absolute atomic E-state index is 11.6. The fraction of sp³-hybridized carbons (Fsp3) is 0.944. The van der Waals surface area contributed by atoms with Crippen LogP contribution in [0.25, 0.3) is 0 Å². The average molecular weight is 711 g/mol. The largest absolute Gasteiger partial charge is 0.463 e. The normalized spacial score (nSPS) is 11.3. The SMILES string of the molecule is CCCCCCCC(=O)OCCOCCOCCOCCOCCOCCOCCOCCOCCOCCOC(=O)CCCCCCC. The summed E-state index contributed by atoms with van der Waals surface area (Å²) in [5.74, 6) is -0.299. The summed E-state index contributed by atoms with van der Waals surface area (Å²) < 4.78 is 59.4. The van der Waals surface area contributed by atoms with Gasteiger partial charge in [0.2, 0.25) is 0 Å². The molecule has 0 saturated carbocycles. The van der Waals surface area contributed by atoms with Crippen LogP contribution in [0.1, 0.15) is 90.9 Å². The molecule has 292 valence electrons. The molecular weight excluding hydrogens is 640 g/mol. The van der Waals surface area contributed by atoms with Gasteiger partial charge in [0.05, 0.1) is 119 Å². The molecule has 0 aromatic heterocycles. The Hall–Kier alpha value is -1.42. The zero-order valence-corrected chi connectivity index (χ0v) is 30.9. The molecule has 0 spiro atoms. The van der Waals surface area contributed by atoms with Crippen LogP contribution in [0.15, 0.2) is 0 Å². The van der Waals surface area contributed by atoms with Crippen molar-refractivity contribution >= 4 is 11.9 Å². The van der Waals surface area contributed by atoms with Gasteiger partial charge in [-0.3, -0.25) is 9.59 Å². The number of unbranched alkanes of at least 4 members (excludes halogenated alkanes) is 8. The number of hydrogen-bond acceptors (Lipinski definition) is 13. The van der Waals surface area contributed by atoms with Gasteiger partial charge in [-0.1, -0.05) is 65.2 Å². The van der Waals surface area contributed by atoms with E-state index in [2.05, 4.69) is 13.8 Å². The Balaban J connectivity index is 3.12. The third kappa shape index (κ3) is 42.7. The van der Waals surface area contributed by atoms with Crippen molar-refractivity contribution in [1.29, 1.82) is 0 Å². The van der Waals surface area contributed by atoms with E-state index >= 15 is 0 Å². The molecule has 0 radical (unpaired) electrons. The predicted molar refractivity (Wildman–Crippen MR) is 186 cm³/mol. The second-order valence-corrected chi connectivity index (χ2v) is 11.3. The third-order valence-electron chi connectivity index (χ3n) is 6.93. The van der Waals surface area contributed by atoms with E-state index in [1.165, 1.54) is 38.5 Å². The van der Waals surface area contributed by atoms with E-state index in [4.69, 9.17) is 52.1 Å². The molecular formula is C36H70O13. The molecule has 0 saturated heterocycles. The number of ether oxygens (including phenoxy) is 11. The maximum atomic E-state index is 11.6. The Morgan fingerprint density at radius 1 is 0.286 bits per heavy atom. The van der Waals surface area contributed by atoms with Crippen molar-refractivity contribution in [3.8, 4) is 0 Å². The molecule has 0 aromatic carbocycles. The quantitative estimate of drug-likeness (QED) is 0.0626. The lowest BCUT2D eigenvalue weighted by atomic mass is 10.1. The summed E-state index contributed by atoms with van der Waals surface area (Å²) in [6.07, 6.45) is 12.1. The summed E-state index contributed by atoms with van der Waals surface area (Å²) in [6, 6.07) is 0. The standard InChI is InChI=1S/C36H70O13/c1-3-5-7-9-11-13-35(37)48-33-31-46-29-27-44-25-23-42-21-19-40-17-15-39-16-18-41-20-22-43-24-26-45-28-30-47-32-34-49-36(38)14-12-10-8-6-4-2/h3-34H2,1-2H3. The van der Waals surface area contributed by atoms with E-state index in [1.54, 1.807) is 0 Å². The molecule has 0 amide bonds. The fourth-order valence-corrected chi connectivity index (χ4v) is 4.18. The van der Waals surface area contributed by atoms with Crippen LogP contribution in [0.5, 0.6) is 0 Å². The van der Waals surface area contributed by atoms with E-state index in [0.29, 0.717) is 132 Å². The van der Waals surface area contributed by atoms with Crippen LogP contribution in [0.3, 0.4) is 0 Å². The highest BCUT2D eigenvalue weighted by Crippen LogP contribution is 2.06. The van der Waals surface area contributed by atoms with Crippen LogP contribution in [0.4, 0.5) is 0 Å². The second kappa shape index (κ2) is 42.7. The first-order chi connectivity index (χ1) is 24.2. The smallest absolute Gasteiger partial charge is 0.305 e. The van der Waals surface area contributed by atoms with Gasteiger partial charge < -0.3 is 52.1 Å². The van der Waals surface area contributed by atoms with E-state index in [1.807, 2.05) is 0 Å². The first kappa shape index (κ1) is 47.6. The minimum Gasteiger partial charge on any atom is -0.463 e. The van der Waals surface area contributed by atoms with Gasteiger partial charge in [-0.25, -0.2) is 0 Å². The molecule has 0 unspecified atom stereocenters. The molecule has 13 nitrogen and oxygen atoms in total. The van der Waals surface area contributed by atoms with E-state index in [-0.39, 0.29) is 25.2 Å². The van der Waals surface area contributed by atoms with Crippen molar-refractivity contribution in [2.45, 2.75) is 90.9 Å². The lowest BCUT2D eigenvalue weighted by Gasteiger charge is -2.09. The summed E-state index contributed by atoms with van der Waals surface area (Å²) in [4.78, 5) is 23.2. The molecule has 0 heterocycles. The molecule has 0 N–H and O–H groups in total. The van der Waals surface area contributed by atoms with Gasteiger partial charge in [-0.15, -0.1) is 0 Å². The van der Waals surface area contributed by atoms with Gasteiger partial charge >= 0.3 is 11.9 Å². The monoisotopic (exact) mass is 710 g/mol. The van der Waals surface area contributed by atoms with Crippen molar-refractivity contribution in [1.82, 2.24) is 0 Å². The molecule has 0 fully saturated rings. The molecule has 0 aliphatic heterocycles. The Kier molecular flexibility index (Phi) is 41.5. The summed E-state index contributed by atoms with van der Waals surface area (Å²) in [7, 11) is 0. The number of hydrogen-bond donors (Lipinski definition) is 0. The van der Waals surface area contributed by atoms with Gasteiger partial charge in [0.1, 0.15) is 13.2 Å². The van der Waals surface area contributed by atoms with E-state index in [9.17, 15) is 9.59 Å². The number of rotatable bonds is 42. The fourth-order valence-electron chi connectivity index (χ4n) is 4.18. The van der Waals surface area contributed by atoms with Gasteiger partial charge in [0.15, 0.2) is 0 Å².